The highest BCUT2D eigenvalue weighted by molar-refractivity contribution is 5.93. The van der Waals surface area contributed by atoms with E-state index in [0.29, 0.717) is 0 Å². The summed E-state index contributed by atoms with van der Waals surface area (Å²) in [4.78, 5) is 4.56. The molecule has 0 spiro atoms. The zero-order chi connectivity index (χ0) is 14.1. The van der Waals surface area contributed by atoms with E-state index >= 15 is 0 Å². The third-order valence-corrected chi connectivity index (χ3v) is 4.04. The van der Waals surface area contributed by atoms with E-state index in [2.05, 4.69) is 58.8 Å². The molecule has 104 valence electrons. The second kappa shape index (κ2) is 5.30. The van der Waals surface area contributed by atoms with Crippen molar-refractivity contribution < 1.29 is 0 Å². The number of rotatable bonds is 4. The average molecular weight is 274 g/mol. The minimum Gasteiger partial charge on any atom is -0.310 e. The quantitative estimate of drug-likeness (QED) is 0.773. The van der Waals surface area contributed by atoms with Crippen LogP contribution in [0.25, 0.3) is 22.0 Å². The van der Waals surface area contributed by atoms with Gasteiger partial charge in [-0.2, -0.15) is 0 Å². The van der Waals surface area contributed by atoms with Crippen LogP contribution in [0.15, 0.2) is 60.8 Å². The van der Waals surface area contributed by atoms with Crippen LogP contribution in [-0.2, 0) is 6.54 Å². The lowest BCUT2D eigenvalue weighted by atomic mass is 10.00. The predicted molar refractivity (Wildman–Crippen MR) is 87.0 cm³/mol. The van der Waals surface area contributed by atoms with E-state index in [4.69, 9.17) is 0 Å². The summed E-state index contributed by atoms with van der Waals surface area (Å²) in [5.41, 5.74) is 4.87. The van der Waals surface area contributed by atoms with Crippen LogP contribution in [0.4, 0.5) is 0 Å². The highest BCUT2D eigenvalue weighted by Gasteiger charge is 2.19. The smallest absolute Gasteiger partial charge is 0.0780 e. The summed E-state index contributed by atoms with van der Waals surface area (Å²) < 4.78 is 0. The molecule has 2 heteroatoms. The number of benzene rings is 2. The first kappa shape index (κ1) is 12.5. The molecule has 21 heavy (non-hydrogen) atoms. The Balaban J connectivity index is 1.72. The maximum Gasteiger partial charge on any atom is 0.0780 e. The van der Waals surface area contributed by atoms with Gasteiger partial charge in [-0.3, -0.25) is 4.98 Å². The first-order valence-corrected chi connectivity index (χ1v) is 7.56. The lowest BCUT2D eigenvalue weighted by Gasteiger charge is -2.09. The number of fused-ring (bicyclic) bond motifs is 1. The molecule has 1 aliphatic rings. The number of pyridine rings is 1. The number of nitrogens with one attached hydrogen (secondary N) is 1. The van der Waals surface area contributed by atoms with Crippen LogP contribution in [0.2, 0.25) is 0 Å². The maximum absolute atomic E-state index is 4.56. The molecule has 2 nitrogen and oxygen atoms in total. The highest BCUT2D eigenvalue weighted by atomic mass is 14.9. The van der Waals surface area contributed by atoms with Crippen LogP contribution in [0.3, 0.4) is 0 Å². The van der Waals surface area contributed by atoms with E-state index in [9.17, 15) is 0 Å². The lowest BCUT2D eigenvalue weighted by molar-refractivity contribution is 0.688. The molecule has 1 aromatic heterocycles. The molecule has 0 radical (unpaired) electrons. The van der Waals surface area contributed by atoms with Crippen molar-refractivity contribution in [2.75, 3.05) is 0 Å². The third-order valence-electron chi connectivity index (χ3n) is 4.04. The van der Waals surface area contributed by atoms with E-state index in [1.807, 2.05) is 12.3 Å². The molecule has 0 saturated heterocycles. The zero-order valence-corrected chi connectivity index (χ0v) is 11.9. The Bertz CT molecular complexity index is 770. The molecule has 2 aromatic carbocycles. The monoisotopic (exact) mass is 274 g/mol. The molecule has 1 aliphatic carbocycles. The summed E-state index contributed by atoms with van der Waals surface area (Å²) in [6.07, 6.45) is 4.52. The van der Waals surface area contributed by atoms with Crippen molar-refractivity contribution in [3.8, 4) is 11.1 Å². The summed E-state index contributed by atoms with van der Waals surface area (Å²) in [6, 6.07) is 20.0. The number of para-hydroxylation sites is 1. The van der Waals surface area contributed by atoms with E-state index in [1.165, 1.54) is 34.9 Å². The van der Waals surface area contributed by atoms with Crippen molar-refractivity contribution in [3.05, 3.63) is 66.4 Å². The van der Waals surface area contributed by atoms with Gasteiger partial charge in [0.15, 0.2) is 0 Å². The molecule has 0 atom stereocenters. The standard InChI is InChI=1S/C19H18N2/c1-4-14(13-21-17-9-10-17)12-16(6-1)18-8-2-5-15-7-3-11-20-19(15)18/h1-8,11-12,17,21H,9-10,13H2. The van der Waals surface area contributed by atoms with Gasteiger partial charge < -0.3 is 5.32 Å². The molecule has 0 aliphatic heterocycles. The second-order valence-corrected chi connectivity index (χ2v) is 5.74. The third kappa shape index (κ3) is 2.67. The summed E-state index contributed by atoms with van der Waals surface area (Å²) >= 11 is 0. The van der Waals surface area contributed by atoms with Crippen molar-refractivity contribution in [2.45, 2.75) is 25.4 Å². The van der Waals surface area contributed by atoms with E-state index in [-0.39, 0.29) is 0 Å². The molecule has 1 fully saturated rings. The van der Waals surface area contributed by atoms with Crippen molar-refractivity contribution in [1.29, 1.82) is 0 Å². The number of nitrogens with zero attached hydrogens (tertiary/aromatic N) is 1. The normalized spacial score (nSPS) is 14.5. The first-order valence-electron chi connectivity index (χ1n) is 7.56. The van der Waals surface area contributed by atoms with Crippen LogP contribution in [0.5, 0.6) is 0 Å². The highest BCUT2D eigenvalue weighted by Crippen LogP contribution is 2.28. The molecular formula is C19H18N2. The Morgan fingerprint density at radius 1 is 1.00 bits per heavy atom. The fourth-order valence-corrected chi connectivity index (χ4v) is 2.74. The van der Waals surface area contributed by atoms with Gasteiger partial charge in [-0.15, -0.1) is 0 Å². The Kier molecular flexibility index (Phi) is 3.17. The van der Waals surface area contributed by atoms with Gasteiger partial charge in [-0.25, -0.2) is 0 Å². The van der Waals surface area contributed by atoms with Crippen LogP contribution in [0.1, 0.15) is 18.4 Å². The van der Waals surface area contributed by atoms with Gasteiger partial charge in [-0.05, 0) is 36.1 Å². The van der Waals surface area contributed by atoms with Crippen molar-refractivity contribution in [3.63, 3.8) is 0 Å². The van der Waals surface area contributed by atoms with Gasteiger partial charge in [0.2, 0.25) is 0 Å². The Labute approximate surface area is 124 Å². The largest absolute Gasteiger partial charge is 0.310 e. The number of hydrogen-bond acceptors (Lipinski definition) is 2. The Hall–Kier alpha value is -2.19. The van der Waals surface area contributed by atoms with Gasteiger partial charge in [-0.1, -0.05) is 42.5 Å². The Morgan fingerprint density at radius 3 is 2.76 bits per heavy atom. The van der Waals surface area contributed by atoms with Crippen molar-refractivity contribution in [2.24, 2.45) is 0 Å². The molecule has 0 bridgehead atoms. The Morgan fingerprint density at radius 2 is 1.86 bits per heavy atom. The van der Waals surface area contributed by atoms with Crippen LogP contribution in [0, 0.1) is 0 Å². The average Bonchev–Trinajstić information content (AvgIpc) is 3.37. The molecule has 1 N–H and O–H groups in total. The molecule has 4 rings (SSSR count). The molecule has 0 unspecified atom stereocenters. The number of hydrogen-bond donors (Lipinski definition) is 1. The minimum absolute atomic E-state index is 0.743. The van der Waals surface area contributed by atoms with Gasteiger partial charge >= 0.3 is 0 Å². The number of aromatic nitrogens is 1. The lowest BCUT2D eigenvalue weighted by Crippen LogP contribution is -2.15. The molecule has 0 amide bonds. The summed E-state index contributed by atoms with van der Waals surface area (Å²) in [5.74, 6) is 0. The van der Waals surface area contributed by atoms with E-state index in [0.717, 1.165) is 18.1 Å². The van der Waals surface area contributed by atoms with Crippen LogP contribution < -0.4 is 5.32 Å². The van der Waals surface area contributed by atoms with Crippen molar-refractivity contribution in [1.82, 2.24) is 10.3 Å². The van der Waals surface area contributed by atoms with Gasteiger partial charge in [0.25, 0.3) is 0 Å². The van der Waals surface area contributed by atoms with Gasteiger partial charge in [0, 0.05) is 29.7 Å². The van der Waals surface area contributed by atoms with Gasteiger partial charge in [0.1, 0.15) is 0 Å². The first-order chi connectivity index (χ1) is 10.4. The van der Waals surface area contributed by atoms with E-state index < -0.39 is 0 Å². The van der Waals surface area contributed by atoms with E-state index in [1.54, 1.807) is 0 Å². The van der Waals surface area contributed by atoms with Gasteiger partial charge in [0.05, 0.1) is 5.52 Å². The fourth-order valence-electron chi connectivity index (χ4n) is 2.74. The molecular weight excluding hydrogens is 256 g/mol. The summed E-state index contributed by atoms with van der Waals surface area (Å²) in [5, 5.41) is 4.76. The minimum atomic E-state index is 0.743. The molecule has 1 saturated carbocycles. The topological polar surface area (TPSA) is 24.9 Å². The van der Waals surface area contributed by atoms with Crippen LogP contribution >= 0.6 is 0 Å². The van der Waals surface area contributed by atoms with Crippen LogP contribution in [-0.4, -0.2) is 11.0 Å². The fraction of sp³-hybridized carbons (Fsp3) is 0.211. The summed E-state index contributed by atoms with van der Waals surface area (Å²) in [6.45, 7) is 0.955. The predicted octanol–water partition coefficient (Wildman–Crippen LogP) is 4.15. The maximum atomic E-state index is 4.56. The second-order valence-electron chi connectivity index (χ2n) is 5.74. The zero-order valence-electron chi connectivity index (χ0n) is 11.9. The SMILES string of the molecule is c1cc(CNC2CC2)cc(-c2cccc3cccnc23)c1. The van der Waals surface area contributed by atoms with Crippen molar-refractivity contribution >= 4 is 10.9 Å². The molecule has 1 heterocycles. The molecule has 3 aromatic rings. The summed E-state index contributed by atoms with van der Waals surface area (Å²) in [7, 11) is 0.